The van der Waals surface area contributed by atoms with E-state index in [0.717, 1.165) is 12.8 Å². The van der Waals surface area contributed by atoms with Gasteiger partial charge in [-0.25, -0.2) is 0 Å². The van der Waals surface area contributed by atoms with Crippen LogP contribution in [0.15, 0.2) is 24.3 Å². The number of hydrogen-bond donors (Lipinski definition) is 0. The second-order valence-electron chi connectivity index (χ2n) is 7.65. The van der Waals surface area contributed by atoms with Crippen LogP contribution in [-0.2, 0) is 9.09 Å². The minimum absolute atomic E-state index is 0. The predicted octanol–water partition coefficient (Wildman–Crippen LogP) is 3.85. The van der Waals surface area contributed by atoms with Crippen LogP contribution in [0.2, 0.25) is 0 Å². The summed E-state index contributed by atoms with van der Waals surface area (Å²) in [7, 11) is -4.36. The van der Waals surface area contributed by atoms with E-state index < -0.39 is 7.82 Å². The molecule has 1 unspecified atom stereocenters. The van der Waals surface area contributed by atoms with Crippen molar-refractivity contribution in [2.75, 3.05) is 6.61 Å². The summed E-state index contributed by atoms with van der Waals surface area (Å²) in [6.45, 7) is 2.40. The molecule has 0 fully saturated rings. The molecule has 166 valence electrons. The van der Waals surface area contributed by atoms with E-state index in [1.807, 2.05) is 0 Å². The van der Waals surface area contributed by atoms with Gasteiger partial charge in [0, 0.05) is 5.56 Å². The first-order chi connectivity index (χ1) is 14.1. The van der Waals surface area contributed by atoms with Crippen molar-refractivity contribution in [1.29, 1.82) is 0 Å². The molecular weight excluding hydrogens is 410 g/mol. The molecule has 0 spiro atoms. The second-order valence-corrected chi connectivity index (χ2v) is 8.99. The van der Waals surface area contributed by atoms with Crippen LogP contribution in [0.1, 0.15) is 107 Å². The largest absolute Gasteiger partial charge is 1.00 e. The fraction of sp³-hybridized carbons (Fsp3) is 0.696. The molecule has 0 amide bonds. The van der Waals surface area contributed by atoms with Crippen LogP contribution in [0.5, 0.6) is 5.75 Å². The van der Waals surface area contributed by atoms with Gasteiger partial charge in [0.15, 0.2) is 0 Å². The van der Waals surface area contributed by atoms with Crippen LogP contribution in [0.25, 0.3) is 0 Å². The molecule has 7 heteroatoms. The van der Waals surface area contributed by atoms with Crippen molar-refractivity contribution in [1.82, 2.24) is 0 Å². The molecule has 0 aliphatic carbocycles. The van der Waals surface area contributed by atoms with Crippen LogP contribution in [0.4, 0.5) is 0 Å². The summed E-state index contributed by atoms with van der Waals surface area (Å²) in [5.74, 6) is 0.148. The Morgan fingerprint density at radius 1 is 0.800 bits per heavy atom. The monoisotopic (exact) mass is 448 g/mol. The Balaban J connectivity index is 0.00000841. The molecule has 0 radical (unpaired) electrons. The van der Waals surface area contributed by atoms with Gasteiger partial charge in [0.25, 0.3) is 0 Å². The Hall–Kier alpha value is -0.160. The predicted molar refractivity (Wildman–Crippen MR) is 116 cm³/mol. The van der Waals surface area contributed by atoms with Gasteiger partial charge in [0.2, 0.25) is 0 Å². The smallest absolute Gasteiger partial charge is 0.746 e. The van der Waals surface area contributed by atoms with E-state index in [2.05, 4.69) is 6.92 Å². The van der Waals surface area contributed by atoms with Crippen LogP contribution in [-0.4, -0.2) is 12.9 Å². The molecule has 5 nitrogen and oxygen atoms in total. The summed E-state index contributed by atoms with van der Waals surface area (Å²) in [5, 5.41) is 0. The van der Waals surface area contributed by atoms with E-state index in [4.69, 9.17) is 9.05 Å². The molecule has 30 heavy (non-hydrogen) atoms. The van der Waals surface area contributed by atoms with E-state index in [-0.39, 0.29) is 41.9 Å². The Morgan fingerprint density at radius 2 is 1.23 bits per heavy atom. The van der Waals surface area contributed by atoms with Crippen LogP contribution in [0.3, 0.4) is 0 Å². The number of aldehydes is 1. The van der Waals surface area contributed by atoms with Gasteiger partial charge in [-0.2, -0.15) is 0 Å². The molecular formula is C23H38NaO5P. The van der Waals surface area contributed by atoms with Crippen molar-refractivity contribution in [2.45, 2.75) is 96.8 Å². The number of phosphoric acid groups is 1. The summed E-state index contributed by atoms with van der Waals surface area (Å²) in [6.07, 6.45) is 18.2. The van der Waals surface area contributed by atoms with E-state index in [1.54, 1.807) is 0 Å². The summed E-state index contributed by atoms with van der Waals surface area (Å²) < 4.78 is 21.6. The fourth-order valence-corrected chi connectivity index (χ4v) is 4.02. The van der Waals surface area contributed by atoms with Gasteiger partial charge >= 0.3 is 37.4 Å². The number of unbranched alkanes of at least 4 members (excludes halogenated alkanes) is 13. The third-order valence-corrected chi connectivity index (χ3v) is 5.91. The minimum Gasteiger partial charge on any atom is -0.746 e. The van der Waals surface area contributed by atoms with Gasteiger partial charge in [0.1, 0.15) is 12.0 Å². The van der Waals surface area contributed by atoms with Gasteiger partial charge in [0.05, 0.1) is 6.61 Å². The molecule has 0 heterocycles. The maximum atomic E-state index is 11.8. The van der Waals surface area contributed by atoms with Gasteiger partial charge < -0.3 is 13.9 Å². The number of carbonyl (C=O) groups excluding carboxylic acids is 1. The average Bonchev–Trinajstić information content (AvgIpc) is 2.71. The molecule has 1 atom stereocenters. The summed E-state index contributed by atoms with van der Waals surface area (Å²) in [5.41, 5.74) is 0.460. The van der Waals surface area contributed by atoms with Crippen LogP contribution >= 0.6 is 7.82 Å². The Bertz CT molecular complexity index is 579. The van der Waals surface area contributed by atoms with Crippen LogP contribution < -0.4 is 39.0 Å². The first-order valence-electron chi connectivity index (χ1n) is 11.3. The SMILES string of the molecule is CCCCCCCCCCCCCCCCOP(=O)([O-])Oc1ccc(C=O)cc1.[Na+]. The van der Waals surface area contributed by atoms with Crippen molar-refractivity contribution < 1.29 is 52.9 Å². The topological polar surface area (TPSA) is 75.7 Å². The third kappa shape index (κ3) is 16.5. The van der Waals surface area contributed by atoms with Crippen molar-refractivity contribution in [2.24, 2.45) is 0 Å². The zero-order chi connectivity index (χ0) is 21.2. The maximum Gasteiger partial charge on any atom is 1.00 e. The quantitative estimate of drug-likeness (QED) is 0.139. The van der Waals surface area contributed by atoms with Crippen molar-refractivity contribution in [3.05, 3.63) is 29.8 Å². The van der Waals surface area contributed by atoms with E-state index >= 15 is 0 Å². The summed E-state index contributed by atoms with van der Waals surface area (Å²) in [6, 6.07) is 5.86. The van der Waals surface area contributed by atoms with Crippen molar-refractivity contribution >= 4 is 14.1 Å². The molecule has 0 saturated carbocycles. The Morgan fingerprint density at radius 3 is 1.67 bits per heavy atom. The molecule has 1 aromatic carbocycles. The number of hydrogen-bond acceptors (Lipinski definition) is 5. The zero-order valence-corrected chi connectivity index (χ0v) is 21.9. The average molecular weight is 449 g/mol. The summed E-state index contributed by atoms with van der Waals surface area (Å²) in [4.78, 5) is 22.4. The first kappa shape index (κ1) is 29.8. The standard InChI is InChI=1S/C23H39O5P.Na/c1-2-3-4-5-6-7-8-9-10-11-12-13-14-15-20-27-29(25,26)28-23-18-16-22(21-24)17-19-23;/h16-19,21H,2-15,20H2,1H3,(H,25,26);/q;+1/p-1. The Labute approximate surface area is 205 Å². The number of rotatable bonds is 19. The minimum atomic E-state index is -4.36. The van der Waals surface area contributed by atoms with Crippen molar-refractivity contribution in [3.8, 4) is 5.75 Å². The van der Waals surface area contributed by atoms with Gasteiger partial charge in [-0.3, -0.25) is 9.36 Å². The maximum absolute atomic E-state index is 11.8. The zero-order valence-electron chi connectivity index (χ0n) is 19.0. The van der Waals surface area contributed by atoms with Gasteiger partial charge in [-0.05, 0) is 30.7 Å². The fourth-order valence-electron chi connectivity index (χ4n) is 3.24. The van der Waals surface area contributed by atoms with Gasteiger partial charge in [-0.1, -0.05) is 90.4 Å². The molecule has 1 aromatic rings. The van der Waals surface area contributed by atoms with E-state index in [0.29, 0.717) is 18.3 Å². The summed E-state index contributed by atoms with van der Waals surface area (Å²) >= 11 is 0. The molecule has 0 saturated heterocycles. The number of carbonyl (C=O) groups is 1. The molecule has 0 aromatic heterocycles. The molecule has 0 aliphatic rings. The third-order valence-electron chi connectivity index (χ3n) is 4.98. The van der Waals surface area contributed by atoms with Gasteiger partial charge in [-0.15, -0.1) is 0 Å². The number of phosphoric ester groups is 1. The molecule has 1 rings (SSSR count). The normalized spacial score (nSPS) is 12.7. The van der Waals surface area contributed by atoms with Crippen molar-refractivity contribution in [3.63, 3.8) is 0 Å². The molecule has 0 N–H and O–H groups in total. The molecule has 0 aliphatic heterocycles. The van der Waals surface area contributed by atoms with E-state index in [1.165, 1.54) is 94.9 Å². The number of benzene rings is 1. The molecule has 0 bridgehead atoms. The Kier molecular flexibility index (Phi) is 19.4. The second kappa shape index (κ2) is 19.5. The first-order valence-corrected chi connectivity index (χ1v) is 12.7. The van der Waals surface area contributed by atoms with Crippen LogP contribution in [0, 0.1) is 0 Å². The van der Waals surface area contributed by atoms with E-state index in [9.17, 15) is 14.3 Å².